The van der Waals surface area contributed by atoms with Gasteiger partial charge in [0, 0.05) is 12.1 Å². The van der Waals surface area contributed by atoms with Gasteiger partial charge in [0.2, 0.25) is 5.91 Å². The maximum absolute atomic E-state index is 12.5. The maximum atomic E-state index is 12.5. The number of nitrogens with zero attached hydrogens (tertiary/aromatic N) is 1. The Labute approximate surface area is 129 Å². The highest BCUT2D eigenvalue weighted by Crippen LogP contribution is 2.26. The molecule has 1 atom stereocenters. The number of carbonyl (C=O) groups excluding carboxylic acids is 1. The van der Waals surface area contributed by atoms with E-state index in [4.69, 9.17) is 4.74 Å². The van der Waals surface area contributed by atoms with Gasteiger partial charge in [-0.05, 0) is 18.6 Å². The molecule has 0 saturated heterocycles. The second-order valence-electron chi connectivity index (χ2n) is 5.23. The Morgan fingerprint density at radius 2 is 2.32 bits per heavy atom. The van der Waals surface area contributed by atoms with Crippen LogP contribution < -0.4 is 15.4 Å². The third-order valence-corrected chi connectivity index (χ3v) is 3.70. The fourth-order valence-electron chi connectivity index (χ4n) is 2.52. The molecule has 1 aliphatic heterocycles. The summed E-state index contributed by atoms with van der Waals surface area (Å²) < 4.78 is 5.65. The molecule has 3 N–H and O–H groups in total. The number of fused-ring (bicyclic) bond motifs is 1. The number of aryl methyl sites for hydroxylation is 1. The molecule has 22 heavy (non-hydrogen) atoms. The SMILES string of the molecule is CCc1cc(CNC(=O)C2NCCOc3ccccc32)[nH]n1. The number of hydrogen-bond donors (Lipinski definition) is 3. The monoisotopic (exact) mass is 300 g/mol. The summed E-state index contributed by atoms with van der Waals surface area (Å²) in [5.41, 5.74) is 2.77. The van der Waals surface area contributed by atoms with Crippen LogP contribution in [0.1, 0.15) is 29.9 Å². The molecule has 1 amide bonds. The van der Waals surface area contributed by atoms with E-state index in [9.17, 15) is 4.79 Å². The van der Waals surface area contributed by atoms with Gasteiger partial charge in [0.05, 0.1) is 17.9 Å². The van der Waals surface area contributed by atoms with E-state index in [0.717, 1.165) is 29.1 Å². The van der Waals surface area contributed by atoms with Gasteiger partial charge in [-0.1, -0.05) is 25.1 Å². The first-order chi connectivity index (χ1) is 10.8. The lowest BCUT2D eigenvalue weighted by molar-refractivity contribution is -0.123. The predicted molar refractivity (Wildman–Crippen MR) is 82.5 cm³/mol. The fraction of sp³-hybridized carbons (Fsp3) is 0.375. The number of hydrogen-bond acceptors (Lipinski definition) is 4. The molecular formula is C16H20N4O2. The van der Waals surface area contributed by atoms with Crippen molar-refractivity contribution < 1.29 is 9.53 Å². The van der Waals surface area contributed by atoms with Crippen molar-refractivity contribution in [2.45, 2.75) is 25.9 Å². The maximum Gasteiger partial charge on any atom is 0.242 e. The average Bonchev–Trinajstić information content (AvgIpc) is 2.91. The summed E-state index contributed by atoms with van der Waals surface area (Å²) in [6, 6.07) is 9.22. The lowest BCUT2D eigenvalue weighted by Crippen LogP contribution is -2.37. The van der Waals surface area contributed by atoms with Crippen LogP contribution in [0.4, 0.5) is 0 Å². The highest BCUT2D eigenvalue weighted by atomic mass is 16.5. The Bertz CT molecular complexity index is 653. The predicted octanol–water partition coefficient (Wildman–Crippen LogP) is 1.31. The number of carbonyl (C=O) groups is 1. The molecule has 3 rings (SSSR count). The first-order valence-corrected chi connectivity index (χ1v) is 7.54. The van der Waals surface area contributed by atoms with E-state index >= 15 is 0 Å². The topological polar surface area (TPSA) is 79.0 Å². The number of para-hydroxylation sites is 1. The molecule has 0 saturated carbocycles. The van der Waals surface area contributed by atoms with Crippen LogP contribution in [-0.4, -0.2) is 29.3 Å². The van der Waals surface area contributed by atoms with Gasteiger partial charge in [-0.15, -0.1) is 0 Å². The Balaban J connectivity index is 1.69. The van der Waals surface area contributed by atoms with Crippen molar-refractivity contribution in [3.63, 3.8) is 0 Å². The molecule has 1 aromatic carbocycles. The van der Waals surface area contributed by atoms with E-state index in [0.29, 0.717) is 19.7 Å². The number of H-pyrrole nitrogens is 1. The van der Waals surface area contributed by atoms with E-state index in [1.807, 2.05) is 37.3 Å². The minimum absolute atomic E-state index is 0.0643. The van der Waals surface area contributed by atoms with Crippen LogP contribution in [0.3, 0.4) is 0 Å². The van der Waals surface area contributed by atoms with Crippen molar-refractivity contribution in [3.8, 4) is 5.75 Å². The number of rotatable bonds is 4. The number of aromatic amines is 1. The first-order valence-electron chi connectivity index (χ1n) is 7.54. The summed E-state index contributed by atoms with van der Waals surface area (Å²) in [6.45, 7) is 3.68. The van der Waals surface area contributed by atoms with Crippen molar-refractivity contribution in [2.75, 3.05) is 13.2 Å². The number of nitrogens with one attached hydrogen (secondary N) is 3. The third-order valence-electron chi connectivity index (χ3n) is 3.70. The van der Waals surface area contributed by atoms with Crippen molar-refractivity contribution in [1.29, 1.82) is 0 Å². The highest BCUT2D eigenvalue weighted by Gasteiger charge is 2.25. The van der Waals surface area contributed by atoms with Gasteiger partial charge in [0.1, 0.15) is 18.4 Å². The molecule has 0 fully saturated rings. The zero-order valence-corrected chi connectivity index (χ0v) is 12.6. The number of benzene rings is 1. The van der Waals surface area contributed by atoms with Gasteiger partial charge in [-0.3, -0.25) is 15.2 Å². The van der Waals surface area contributed by atoms with Crippen LogP contribution in [0.2, 0.25) is 0 Å². The molecular weight excluding hydrogens is 280 g/mol. The molecule has 1 unspecified atom stereocenters. The normalized spacial score (nSPS) is 17.2. The largest absolute Gasteiger partial charge is 0.492 e. The van der Waals surface area contributed by atoms with Gasteiger partial charge in [-0.2, -0.15) is 5.10 Å². The van der Waals surface area contributed by atoms with Crippen LogP contribution in [0.5, 0.6) is 5.75 Å². The smallest absolute Gasteiger partial charge is 0.242 e. The summed E-state index contributed by atoms with van der Waals surface area (Å²) in [5.74, 6) is 0.702. The molecule has 0 bridgehead atoms. The van der Waals surface area contributed by atoms with E-state index in [2.05, 4.69) is 20.8 Å². The highest BCUT2D eigenvalue weighted by molar-refractivity contribution is 5.84. The van der Waals surface area contributed by atoms with Crippen LogP contribution in [-0.2, 0) is 17.8 Å². The molecule has 2 aromatic rings. The first kappa shape index (κ1) is 14.6. The lowest BCUT2D eigenvalue weighted by atomic mass is 10.1. The summed E-state index contributed by atoms with van der Waals surface area (Å²) in [5, 5.41) is 13.3. The van der Waals surface area contributed by atoms with Crippen LogP contribution in [0.15, 0.2) is 30.3 Å². The third kappa shape index (κ3) is 3.12. The summed E-state index contributed by atoms with van der Waals surface area (Å²) in [7, 11) is 0. The van der Waals surface area contributed by atoms with Crippen LogP contribution >= 0.6 is 0 Å². The van der Waals surface area contributed by atoms with E-state index in [1.165, 1.54) is 0 Å². The molecule has 116 valence electrons. The van der Waals surface area contributed by atoms with Crippen molar-refractivity contribution >= 4 is 5.91 Å². The van der Waals surface area contributed by atoms with Crippen LogP contribution in [0.25, 0.3) is 0 Å². The Kier molecular flexibility index (Phi) is 4.39. The number of ether oxygens (including phenoxy) is 1. The molecule has 0 radical (unpaired) electrons. The quantitative estimate of drug-likeness (QED) is 0.795. The van der Waals surface area contributed by atoms with Gasteiger partial charge < -0.3 is 10.1 Å². The standard InChI is InChI=1S/C16H20N4O2/c1-2-11-9-12(20-19-11)10-18-16(21)15-13-5-3-4-6-14(13)22-8-7-17-15/h3-6,9,15,17H,2,7-8,10H2,1H3,(H,18,21)(H,19,20). The molecule has 0 aliphatic carbocycles. The van der Waals surface area contributed by atoms with E-state index < -0.39 is 6.04 Å². The van der Waals surface area contributed by atoms with Crippen LogP contribution in [0, 0.1) is 0 Å². The van der Waals surface area contributed by atoms with Crippen molar-refractivity contribution in [1.82, 2.24) is 20.8 Å². The van der Waals surface area contributed by atoms with Gasteiger partial charge >= 0.3 is 0 Å². The van der Waals surface area contributed by atoms with Gasteiger partial charge in [0.25, 0.3) is 0 Å². The Morgan fingerprint density at radius 3 is 3.14 bits per heavy atom. The van der Waals surface area contributed by atoms with Crippen molar-refractivity contribution in [3.05, 3.63) is 47.3 Å². The molecule has 1 aliphatic rings. The minimum Gasteiger partial charge on any atom is -0.492 e. The lowest BCUT2D eigenvalue weighted by Gasteiger charge is -2.16. The zero-order valence-electron chi connectivity index (χ0n) is 12.6. The molecule has 6 nitrogen and oxygen atoms in total. The Hall–Kier alpha value is -2.34. The number of aromatic nitrogens is 2. The minimum atomic E-state index is -0.396. The second kappa shape index (κ2) is 6.62. The molecule has 0 spiro atoms. The number of amides is 1. The Morgan fingerprint density at radius 1 is 1.45 bits per heavy atom. The summed E-state index contributed by atoms with van der Waals surface area (Å²) >= 11 is 0. The van der Waals surface area contributed by atoms with E-state index in [-0.39, 0.29) is 5.91 Å². The molecule has 1 aromatic heterocycles. The second-order valence-corrected chi connectivity index (χ2v) is 5.23. The summed E-state index contributed by atoms with van der Waals surface area (Å²) in [4.78, 5) is 12.5. The summed E-state index contributed by atoms with van der Waals surface area (Å²) in [6.07, 6.45) is 0.874. The van der Waals surface area contributed by atoms with E-state index in [1.54, 1.807) is 0 Å². The van der Waals surface area contributed by atoms with Gasteiger partial charge in [-0.25, -0.2) is 0 Å². The zero-order chi connectivity index (χ0) is 15.4. The molecule has 2 heterocycles. The fourth-order valence-corrected chi connectivity index (χ4v) is 2.52. The average molecular weight is 300 g/mol. The van der Waals surface area contributed by atoms with Gasteiger partial charge in [0.15, 0.2) is 0 Å². The van der Waals surface area contributed by atoms with Crippen molar-refractivity contribution in [2.24, 2.45) is 0 Å². The molecule has 6 heteroatoms.